The first-order valence-corrected chi connectivity index (χ1v) is 6.88. The second kappa shape index (κ2) is 6.77. The number of likely N-dealkylation sites (tertiary alicyclic amines) is 1. The first-order chi connectivity index (χ1) is 8.38. The van der Waals surface area contributed by atoms with E-state index in [2.05, 4.69) is 47.5 Å². The molecule has 1 heterocycles. The van der Waals surface area contributed by atoms with Crippen LogP contribution in [-0.2, 0) is 6.42 Å². The van der Waals surface area contributed by atoms with Crippen LogP contribution < -0.4 is 5.32 Å². The molecule has 0 unspecified atom stereocenters. The fourth-order valence-corrected chi connectivity index (χ4v) is 2.58. The Bertz CT molecular complexity index is 302. The summed E-state index contributed by atoms with van der Waals surface area (Å²) in [6.07, 6.45) is 3.80. The van der Waals surface area contributed by atoms with Gasteiger partial charge in [0, 0.05) is 12.6 Å². The fourth-order valence-electron chi connectivity index (χ4n) is 2.58. The summed E-state index contributed by atoms with van der Waals surface area (Å²) in [6.45, 7) is 7.02. The van der Waals surface area contributed by atoms with Crippen molar-refractivity contribution < 1.29 is 0 Å². The molecule has 0 saturated carbocycles. The van der Waals surface area contributed by atoms with E-state index in [1.165, 1.54) is 44.5 Å². The van der Waals surface area contributed by atoms with Crippen LogP contribution in [0.2, 0.25) is 0 Å². The average Bonchev–Trinajstić information content (AvgIpc) is 2.40. The normalized spacial score (nSPS) is 18.4. The van der Waals surface area contributed by atoms with Gasteiger partial charge in [0.15, 0.2) is 0 Å². The summed E-state index contributed by atoms with van der Waals surface area (Å²) < 4.78 is 0. The summed E-state index contributed by atoms with van der Waals surface area (Å²) >= 11 is 0. The Labute approximate surface area is 105 Å². The molecule has 2 nitrogen and oxygen atoms in total. The Morgan fingerprint density at radius 1 is 1.18 bits per heavy atom. The Hall–Kier alpha value is -0.860. The molecule has 1 fully saturated rings. The van der Waals surface area contributed by atoms with E-state index in [1.54, 1.807) is 0 Å². The van der Waals surface area contributed by atoms with Crippen LogP contribution in [0.15, 0.2) is 30.3 Å². The van der Waals surface area contributed by atoms with Crippen molar-refractivity contribution in [3.05, 3.63) is 35.9 Å². The first-order valence-electron chi connectivity index (χ1n) is 6.88. The summed E-state index contributed by atoms with van der Waals surface area (Å²) in [6, 6.07) is 11.6. The summed E-state index contributed by atoms with van der Waals surface area (Å²) in [5.74, 6) is 0. The lowest BCUT2D eigenvalue weighted by Crippen LogP contribution is -2.43. The van der Waals surface area contributed by atoms with Crippen molar-refractivity contribution in [2.45, 2.75) is 32.2 Å². The molecule has 1 N–H and O–H groups in total. The number of hydrogen-bond acceptors (Lipinski definition) is 2. The Morgan fingerprint density at radius 2 is 1.88 bits per heavy atom. The lowest BCUT2D eigenvalue weighted by molar-refractivity contribution is 0.201. The van der Waals surface area contributed by atoms with Crippen molar-refractivity contribution in [3.8, 4) is 0 Å². The molecule has 0 amide bonds. The van der Waals surface area contributed by atoms with Crippen LogP contribution in [0.25, 0.3) is 0 Å². The lowest BCUT2D eigenvalue weighted by atomic mass is 10.0. The van der Waals surface area contributed by atoms with Crippen molar-refractivity contribution in [2.24, 2.45) is 0 Å². The minimum atomic E-state index is 0.757. The summed E-state index contributed by atoms with van der Waals surface area (Å²) in [4.78, 5) is 2.60. The van der Waals surface area contributed by atoms with E-state index in [0.29, 0.717) is 0 Å². The fraction of sp³-hybridized carbons (Fsp3) is 0.600. The Kier molecular flexibility index (Phi) is 5.02. The molecule has 94 valence electrons. The summed E-state index contributed by atoms with van der Waals surface area (Å²) in [5.41, 5.74) is 1.46. The van der Waals surface area contributed by atoms with Gasteiger partial charge < -0.3 is 10.2 Å². The maximum Gasteiger partial charge on any atom is 0.00912 e. The van der Waals surface area contributed by atoms with Crippen molar-refractivity contribution >= 4 is 0 Å². The van der Waals surface area contributed by atoms with Crippen LogP contribution in [-0.4, -0.2) is 37.1 Å². The molecule has 1 saturated heterocycles. The molecule has 1 aromatic carbocycles. The van der Waals surface area contributed by atoms with Gasteiger partial charge in [-0.2, -0.15) is 0 Å². The molecule has 0 spiro atoms. The number of piperidine rings is 1. The van der Waals surface area contributed by atoms with Gasteiger partial charge in [0.25, 0.3) is 0 Å². The van der Waals surface area contributed by atoms with Gasteiger partial charge in [-0.25, -0.2) is 0 Å². The molecule has 0 aliphatic carbocycles. The molecule has 17 heavy (non-hydrogen) atoms. The summed E-state index contributed by atoms with van der Waals surface area (Å²) in [5, 5.41) is 3.55. The van der Waals surface area contributed by atoms with Crippen molar-refractivity contribution in [1.82, 2.24) is 10.2 Å². The number of rotatable bonds is 5. The van der Waals surface area contributed by atoms with Crippen LogP contribution >= 0.6 is 0 Å². The van der Waals surface area contributed by atoms with Gasteiger partial charge in [-0.3, -0.25) is 0 Å². The molecule has 0 radical (unpaired) electrons. The summed E-state index contributed by atoms with van der Waals surface area (Å²) in [7, 11) is 0. The third kappa shape index (κ3) is 4.14. The minimum Gasteiger partial charge on any atom is -0.314 e. The maximum atomic E-state index is 3.55. The molecule has 2 rings (SSSR count). The molecule has 0 atom stereocenters. The van der Waals surface area contributed by atoms with Crippen LogP contribution in [0, 0.1) is 0 Å². The van der Waals surface area contributed by atoms with Crippen molar-refractivity contribution in [3.63, 3.8) is 0 Å². The number of hydrogen-bond donors (Lipinski definition) is 1. The second-order valence-corrected chi connectivity index (χ2v) is 4.91. The van der Waals surface area contributed by atoms with Crippen LogP contribution in [0.3, 0.4) is 0 Å². The lowest BCUT2D eigenvalue weighted by Gasteiger charge is -2.32. The topological polar surface area (TPSA) is 15.3 Å². The quantitative estimate of drug-likeness (QED) is 0.838. The zero-order valence-electron chi connectivity index (χ0n) is 10.9. The highest BCUT2D eigenvalue weighted by molar-refractivity contribution is 5.14. The SMILES string of the molecule is CCNC1CCN(CCc2ccccc2)CC1. The second-order valence-electron chi connectivity index (χ2n) is 4.91. The van der Waals surface area contributed by atoms with Crippen LogP contribution in [0.1, 0.15) is 25.3 Å². The van der Waals surface area contributed by atoms with Gasteiger partial charge in [0.2, 0.25) is 0 Å². The molecular formula is C15H24N2. The van der Waals surface area contributed by atoms with E-state index >= 15 is 0 Å². The van der Waals surface area contributed by atoms with Gasteiger partial charge in [0.1, 0.15) is 0 Å². The number of nitrogens with zero attached hydrogens (tertiary/aromatic N) is 1. The minimum absolute atomic E-state index is 0.757. The monoisotopic (exact) mass is 232 g/mol. The van der Waals surface area contributed by atoms with Gasteiger partial charge in [-0.15, -0.1) is 0 Å². The van der Waals surface area contributed by atoms with Gasteiger partial charge >= 0.3 is 0 Å². The molecular weight excluding hydrogens is 208 g/mol. The highest BCUT2D eigenvalue weighted by atomic mass is 15.1. The van der Waals surface area contributed by atoms with E-state index in [4.69, 9.17) is 0 Å². The van der Waals surface area contributed by atoms with Gasteiger partial charge in [-0.1, -0.05) is 37.3 Å². The molecule has 0 bridgehead atoms. The average molecular weight is 232 g/mol. The van der Waals surface area contributed by atoms with Gasteiger partial charge in [0.05, 0.1) is 0 Å². The first kappa shape index (κ1) is 12.6. The zero-order valence-corrected chi connectivity index (χ0v) is 10.9. The standard InChI is InChI=1S/C15H24N2/c1-2-16-15-9-12-17(13-10-15)11-8-14-6-4-3-5-7-14/h3-7,15-16H,2,8-13H2,1H3. The highest BCUT2D eigenvalue weighted by Crippen LogP contribution is 2.11. The van der Waals surface area contributed by atoms with E-state index in [-0.39, 0.29) is 0 Å². The predicted octanol–water partition coefficient (Wildman–Crippen LogP) is 2.30. The third-order valence-corrected chi connectivity index (χ3v) is 3.64. The maximum absolute atomic E-state index is 3.55. The van der Waals surface area contributed by atoms with E-state index in [9.17, 15) is 0 Å². The zero-order chi connectivity index (χ0) is 11.9. The predicted molar refractivity (Wildman–Crippen MR) is 73.3 cm³/mol. The molecule has 0 aromatic heterocycles. The largest absolute Gasteiger partial charge is 0.314 e. The van der Waals surface area contributed by atoms with E-state index < -0.39 is 0 Å². The number of nitrogens with one attached hydrogen (secondary N) is 1. The number of benzene rings is 1. The van der Waals surface area contributed by atoms with Crippen molar-refractivity contribution in [2.75, 3.05) is 26.2 Å². The third-order valence-electron chi connectivity index (χ3n) is 3.64. The molecule has 2 heteroatoms. The van der Waals surface area contributed by atoms with Crippen LogP contribution in [0.4, 0.5) is 0 Å². The smallest absolute Gasteiger partial charge is 0.00912 e. The Balaban J connectivity index is 1.68. The molecule has 1 aliphatic heterocycles. The van der Waals surface area contributed by atoms with E-state index in [0.717, 1.165) is 12.6 Å². The highest BCUT2D eigenvalue weighted by Gasteiger charge is 2.17. The van der Waals surface area contributed by atoms with Crippen molar-refractivity contribution in [1.29, 1.82) is 0 Å². The Morgan fingerprint density at radius 3 is 2.53 bits per heavy atom. The van der Waals surface area contributed by atoms with Crippen LogP contribution in [0.5, 0.6) is 0 Å². The van der Waals surface area contributed by atoms with Gasteiger partial charge in [-0.05, 0) is 44.5 Å². The molecule has 1 aromatic rings. The molecule has 1 aliphatic rings. The van der Waals surface area contributed by atoms with E-state index in [1.807, 2.05) is 0 Å².